The highest BCUT2D eigenvalue weighted by Gasteiger charge is 2.44. The molecule has 2 nitrogen and oxygen atoms in total. The van der Waals surface area contributed by atoms with Crippen LogP contribution in [0.25, 0.3) is 33.1 Å². The van der Waals surface area contributed by atoms with Crippen LogP contribution in [0.4, 0.5) is 5.69 Å². The smallest absolute Gasteiger partial charge is 0.143 e. The summed E-state index contributed by atoms with van der Waals surface area (Å²) in [6, 6.07) is 31.0. The number of furan rings is 1. The first-order valence-electron chi connectivity index (χ1n) is 13.7. The molecule has 4 unspecified atom stereocenters. The Morgan fingerprint density at radius 1 is 0.641 bits per heavy atom. The Labute approximate surface area is 231 Å². The average molecular weight is 520 g/mol. The number of anilines is 1. The standard InChI is InChI=1S/C36H25NOS/c1-4-18-30-22(10-1)23-11-2-5-19-31(23)37(30)32-20-9-17-29-28-16-8-15-27(35(28)39-36(29)32)26-14-7-13-25-24-12-3-6-21-33(24)38-34(25)26/h1-22,29-30,36H. The van der Waals surface area contributed by atoms with Crippen LogP contribution < -0.4 is 4.90 Å². The van der Waals surface area contributed by atoms with Crippen LogP contribution in [0.5, 0.6) is 0 Å². The maximum absolute atomic E-state index is 6.46. The van der Waals surface area contributed by atoms with Crippen LogP contribution in [0.2, 0.25) is 0 Å². The van der Waals surface area contributed by atoms with Gasteiger partial charge in [0, 0.05) is 44.5 Å². The van der Waals surface area contributed by atoms with E-state index in [1.807, 2.05) is 17.8 Å². The number of allylic oxidation sites excluding steroid dienone is 5. The number of thioether (sulfide) groups is 1. The van der Waals surface area contributed by atoms with Gasteiger partial charge >= 0.3 is 0 Å². The average Bonchev–Trinajstić information content (AvgIpc) is 3.67. The topological polar surface area (TPSA) is 16.4 Å². The first-order chi connectivity index (χ1) is 19.4. The Morgan fingerprint density at radius 2 is 1.41 bits per heavy atom. The lowest BCUT2D eigenvalue weighted by Gasteiger charge is -2.36. The van der Waals surface area contributed by atoms with Crippen molar-refractivity contribution in [2.45, 2.75) is 28.0 Å². The van der Waals surface area contributed by atoms with E-state index in [2.05, 4.69) is 126 Å². The van der Waals surface area contributed by atoms with Crippen molar-refractivity contribution < 1.29 is 4.42 Å². The summed E-state index contributed by atoms with van der Waals surface area (Å²) in [6.45, 7) is 0. The van der Waals surface area contributed by atoms with Crippen LogP contribution in [0.15, 0.2) is 142 Å². The second-order valence-electron chi connectivity index (χ2n) is 10.8. The van der Waals surface area contributed by atoms with E-state index in [-0.39, 0.29) is 0 Å². The fourth-order valence-corrected chi connectivity index (χ4v) is 8.70. The van der Waals surface area contributed by atoms with Crippen LogP contribution >= 0.6 is 11.8 Å². The van der Waals surface area contributed by atoms with Crippen LogP contribution in [0.1, 0.15) is 23.0 Å². The fourth-order valence-electron chi connectivity index (χ4n) is 7.11. The SMILES string of the molecule is C1=CC2c3cccc(-c4cccc5c4oc4ccccc45)c3SC2C(N2c3ccccc3C3C=CC=CC32)=C1. The molecule has 4 aliphatic rings. The van der Waals surface area contributed by atoms with Crippen molar-refractivity contribution in [3.8, 4) is 11.1 Å². The molecule has 0 N–H and O–H groups in total. The third-order valence-corrected chi connectivity index (χ3v) is 10.3. The Balaban J connectivity index is 1.17. The summed E-state index contributed by atoms with van der Waals surface area (Å²) in [5.41, 5.74) is 9.94. The first kappa shape index (κ1) is 21.7. The summed E-state index contributed by atoms with van der Waals surface area (Å²) < 4.78 is 6.46. The number of hydrogen-bond acceptors (Lipinski definition) is 3. The number of para-hydroxylation sites is 3. The maximum Gasteiger partial charge on any atom is 0.143 e. The molecule has 4 aromatic carbocycles. The summed E-state index contributed by atoms with van der Waals surface area (Å²) in [5.74, 6) is 0.737. The van der Waals surface area contributed by atoms with Crippen molar-refractivity contribution >= 4 is 39.4 Å². The molecular formula is C36H25NOS. The largest absolute Gasteiger partial charge is 0.455 e. The molecule has 4 atom stereocenters. The molecule has 9 rings (SSSR count). The summed E-state index contributed by atoms with van der Waals surface area (Å²) in [5, 5.41) is 2.68. The van der Waals surface area contributed by atoms with Crippen molar-refractivity contribution in [3.05, 3.63) is 144 Å². The molecule has 1 aromatic heterocycles. The second-order valence-corrected chi connectivity index (χ2v) is 11.9. The Kier molecular flexibility index (Phi) is 4.53. The highest BCUT2D eigenvalue weighted by atomic mass is 32.2. The van der Waals surface area contributed by atoms with Gasteiger partial charge in [-0.15, -0.1) is 11.8 Å². The van der Waals surface area contributed by atoms with Gasteiger partial charge in [0.15, 0.2) is 0 Å². The molecule has 3 heterocycles. The molecule has 0 radical (unpaired) electrons. The van der Waals surface area contributed by atoms with Crippen LogP contribution in [-0.2, 0) is 0 Å². The third-order valence-electron chi connectivity index (χ3n) is 8.78. The van der Waals surface area contributed by atoms with Crippen LogP contribution in [-0.4, -0.2) is 11.3 Å². The van der Waals surface area contributed by atoms with Gasteiger partial charge in [0.2, 0.25) is 0 Å². The highest BCUT2D eigenvalue weighted by molar-refractivity contribution is 8.00. The van der Waals surface area contributed by atoms with Crippen molar-refractivity contribution in [2.75, 3.05) is 4.90 Å². The predicted molar refractivity (Wildman–Crippen MR) is 162 cm³/mol. The second kappa shape index (κ2) is 8.14. The molecule has 0 spiro atoms. The van der Waals surface area contributed by atoms with E-state index < -0.39 is 0 Å². The van der Waals surface area contributed by atoms with Gasteiger partial charge in [-0.3, -0.25) is 0 Å². The minimum Gasteiger partial charge on any atom is -0.455 e. The van der Waals surface area contributed by atoms with Crippen molar-refractivity contribution in [1.82, 2.24) is 0 Å². The van der Waals surface area contributed by atoms with Gasteiger partial charge in [0.25, 0.3) is 0 Å². The van der Waals surface area contributed by atoms with Gasteiger partial charge in [-0.05, 0) is 34.9 Å². The van der Waals surface area contributed by atoms with Crippen molar-refractivity contribution in [2.24, 2.45) is 0 Å². The highest BCUT2D eigenvalue weighted by Crippen LogP contribution is 2.57. The van der Waals surface area contributed by atoms with Crippen LogP contribution in [0.3, 0.4) is 0 Å². The molecule has 39 heavy (non-hydrogen) atoms. The molecule has 186 valence electrons. The number of nitrogens with zero attached hydrogens (tertiary/aromatic N) is 1. The molecule has 0 saturated carbocycles. The lowest BCUT2D eigenvalue weighted by Crippen LogP contribution is -2.37. The molecule has 0 fully saturated rings. The van der Waals surface area contributed by atoms with E-state index in [1.165, 1.54) is 49.3 Å². The molecular weight excluding hydrogens is 494 g/mol. The molecule has 5 aromatic rings. The van der Waals surface area contributed by atoms with E-state index in [4.69, 9.17) is 4.42 Å². The van der Waals surface area contributed by atoms with E-state index in [0.717, 1.165) is 11.2 Å². The van der Waals surface area contributed by atoms with Gasteiger partial charge in [0.1, 0.15) is 11.2 Å². The Hall–Kier alpha value is -4.21. The third kappa shape index (κ3) is 2.99. The van der Waals surface area contributed by atoms with Gasteiger partial charge < -0.3 is 9.32 Å². The minimum absolute atomic E-state index is 0.318. The summed E-state index contributed by atoms with van der Waals surface area (Å²) in [6.07, 6.45) is 16.2. The lowest BCUT2D eigenvalue weighted by molar-refractivity contribution is 0.670. The zero-order chi connectivity index (χ0) is 25.5. The zero-order valence-electron chi connectivity index (χ0n) is 21.2. The van der Waals surface area contributed by atoms with E-state index >= 15 is 0 Å². The number of rotatable bonds is 2. The monoisotopic (exact) mass is 519 g/mol. The fraction of sp³-hybridized carbons (Fsp3) is 0.111. The van der Waals surface area contributed by atoms with Gasteiger partial charge in [-0.25, -0.2) is 0 Å². The first-order valence-corrected chi connectivity index (χ1v) is 14.6. The Morgan fingerprint density at radius 3 is 2.41 bits per heavy atom. The molecule has 3 heteroatoms. The zero-order valence-corrected chi connectivity index (χ0v) is 22.0. The number of fused-ring (bicyclic) bond motifs is 9. The number of benzene rings is 4. The van der Waals surface area contributed by atoms with Crippen molar-refractivity contribution in [1.29, 1.82) is 0 Å². The summed E-state index contributed by atoms with van der Waals surface area (Å²) in [7, 11) is 0. The maximum atomic E-state index is 6.46. The quantitative estimate of drug-likeness (QED) is 0.231. The van der Waals surface area contributed by atoms with Gasteiger partial charge in [0.05, 0.1) is 11.3 Å². The van der Waals surface area contributed by atoms with E-state index in [9.17, 15) is 0 Å². The molecule has 2 aliphatic carbocycles. The normalized spacial score (nSPS) is 24.1. The van der Waals surface area contributed by atoms with Gasteiger partial charge in [-0.1, -0.05) is 109 Å². The molecule has 2 aliphatic heterocycles. The molecule has 0 bridgehead atoms. The Bertz CT molecular complexity index is 1940. The molecule has 0 saturated heterocycles. The molecule has 0 amide bonds. The number of hydrogen-bond donors (Lipinski definition) is 0. The minimum atomic E-state index is 0.318. The van der Waals surface area contributed by atoms with E-state index in [1.54, 1.807) is 0 Å². The summed E-state index contributed by atoms with van der Waals surface area (Å²) >= 11 is 2.02. The summed E-state index contributed by atoms with van der Waals surface area (Å²) in [4.78, 5) is 3.99. The van der Waals surface area contributed by atoms with E-state index in [0.29, 0.717) is 23.1 Å². The lowest BCUT2D eigenvalue weighted by atomic mass is 9.87. The van der Waals surface area contributed by atoms with Crippen molar-refractivity contribution in [3.63, 3.8) is 0 Å². The van der Waals surface area contributed by atoms with Gasteiger partial charge in [-0.2, -0.15) is 0 Å². The predicted octanol–water partition coefficient (Wildman–Crippen LogP) is 9.36. The van der Waals surface area contributed by atoms with Crippen LogP contribution in [0, 0.1) is 0 Å².